The summed E-state index contributed by atoms with van der Waals surface area (Å²) in [5.74, 6) is 0.0205. The summed E-state index contributed by atoms with van der Waals surface area (Å²) in [6.45, 7) is 1.95. The van der Waals surface area contributed by atoms with E-state index >= 15 is 0 Å². The van der Waals surface area contributed by atoms with Crippen LogP contribution >= 0.6 is 11.6 Å². The van der Waals surface area contributed by atoms with Crippen molar-refractivity contribution in [3.63, 3.8) is 0 Å². The molecule has 0 saturated carbocycles. The summed E-state index contributed by atoms with van der Waals surface area (Å²) in [5, 5.41) is 4.32. The van der Waals surface area contributed by atoms with Crippen molar-refractivity contribution >= 4 is 34.2 Å². The van der Waals surface area contributed by atoms with Gasteiger partial charge in [0.25, 0.3) is 5.91 Å². The number of furan rings is 1. The van der Waals surface area contributed by atoms with Gasteiger partial charge in [-0.1, -0.05) is 29.8 Å². The standard InChI is InChI=1S/C16H12ClNO2/c1-10-3-2-4-11-9-14(20-15(10)11)16(19)18-13-7-5-12(17)6-8-13/h2-9H,1H3,(H,18,19). The van der Waals surface area contributed by atoms with Gasteiger partial charge in [0.2, 0.25) is 0 Å². The number of anilines is 1. The van der Waals surface area contributed by atoms with Crippen LogP contribution in [0.2, 0.25) is 5.02 Å². The van der Waals surface area contributed by atoms with E-state index in [-0.39, 0.29) is 5.91 Å². The van der Waals surface area contributed by atoms with E-state index in [0.717, 1.165) is 16.5 Å². The fourth-order valence-corrected chi connectivity index (χ4v) is 2.17. The van der Waals surface area contributed by atoms with Gasteiger partial charge in [-0.15, -0.1) is 0 Å². The minimum atomic E-state index is -0.275. The second kappa shape index (κ2) is 5.02. The Morgan fingerprint density at radius 3 is 2.60 bits per heavy atom. The zero-order chi connectivity index (χ0) is 14.1. The van der Waals surface area contributed by atoms with Crippen LogP contribution in [0.4, 0.5) is 5.69 Å². The highest BCUT2D eigenvalue weighted by Crippen LogP contribution is 2.23. The first kappa shape index (κ1) is 12.8. The minimum absolute atomic E-state index is 0.275. The van der Waals surface area contributed by atoms with Crippen LogP contribution in [0.15, 0.2) is 52.9 Å². The number of nitrogens with one attached hydrogen (secondary N) is 1. The van der Waals surface area contributed by atoms with Gasteiger partial charge in [0.05, 0.1) is 0 Å². The van der Waals surface area contributed by atoms with Gasteiger partial charge in [0.1, 0.15) is 5.58 Å². The molecular weight excluding hydrogens is 274 g/mol. The number of aryl methyl sites for hydroxylation is 1. The first-order chi connectivity index (χ1) is 9.63. The predicted molar refractivity (Wildman–Crippen MR) is 80.4 cm³/mol. The van der Waals surface area contributed by atoms with E-state index in [1.54, 1.807) is 30.3 Å². The maximum Gasteiger partial charge on any atom is 0.291 e. The second-order valence-electron chi connectivity index (χ2n) is 4.56. The Balaban J connectivity index is 1.89. The number of amides is 1. The Kier molecular flexibility index (Phi) is 3.20. The molecule has 0 aliphatic heterocycles. The smallest absolute Gasteiger partial charge is 0.291 e. The number of rotatable bonds is 2. The minimum Gasteiger partial charge on any atom is -0.451 e. The molecule has 1 amide bonds. The molecule has 0 aliphatic rings. The van der Waals surface area contributed by atoms with E-state index in [1.165, 1.54) is 0 Å². The average Bonchev–Trinajstić information content (AvgIpc) is 2.87. The summed E-state index contributed by atoms with van der Waals surface area (Å²) < 4.78 is 5.62. The molecule has 3 nitrogen and oxygen atoms in total. The molecule has 3 rings (SSSR count). The summed E-state index contributed by atoms with van der Waals surface area (Å²) in [6.07, 6.45) is 0. The Morgan fingerprint density at radius 1 is 1.15 bits per heavy atom. The van der Waals surface area contributed by atoms with Crippen LogP contribution in [0.5, 0.6) is 0 Å². The number of fused-ring (bicyclic) bond motifs is 1. The largest absolute Gasteiger partial charge is 0.451 e. The Labute approximate surface area is 121 Å². The van der Waals surface area contributed by atoms with E-state index in [9.17, 15) is 4.79 Å². The summed E-state index contributed by atoms with van der Waals surface area (Å²) >= 11 is 5.80. The third-order valence-corrected chi connectivity index (χ3v) is 3.32. The van der Waals surface area contributed by atoms with Crippen molar-refractivity contribution in [2.75, 3.05) is 5.32 Å². The summed E-state index contributed by atoms with van der Waals surface area (Å²) in [7, 11) is 0. The normalized spacial score (nSPS) is 10.7. The molecule has 0 spiro atoms. The third-order valence-electron chi connectivity index (χ3n) is 3.07. The molecule has 1 heterocycles. The summed E-state index contributed by atoms with van der Waals surface area (Å²) in [6, 6.07) is 14.5. The van der Waals surface area contributed by atoms with Gasteiger partial charge in [-0.25, -0.2) is 0 Å². The first-order valence-corrected chi connectivity index (χ1v) is 6.57. The van der Waals surface area contributed by atoms with Crippen molar-refractivity contribution in [1.29, 1.82) is 0 Å². The van der Waals surface area contributed by atoms with Crippen LogP contribution in [-0.4, -0.2) is 5.91 Å². The van der Waals surface area contributed by atoms with Gasteiger partial charge in [-0.2, -0.15) is 0 Å². The number of carbonyl (C=O) groups is 1. The zero-order valence-corrected chi connectivity index (χ0v) is 11.6. The quantitative estimate of drug-likeness (QED) is 0.745. The van der Waals surface area contributed by atoms with E-state index in [0.29, 0.717) is 16.5 Å². The van der Waals surface area contributed by atoms with Crippen LogP contribution in [-0.2, 0) is 0 Å². The molecule has 0 unspecified atom stereocenters. The molecule has 4 heteroatoms. The second-order valence-corrected chi connectivity index (χ2v) is 5.00. The lowest BCUT2D eigenvalue weighted by molar-refractivity contribution is 0.0998. The van der Waals surface area contributed by atoms with Crippen molar-refractivity contribution in [2.45, 2.75) is 6.92 Å². The number of para-hydroxylation sites is 1. The Bertz CT molecular complexity index is 775. The molecule has 0 radical (unpaired) electrons. The summed E-state index contributed by atoms with van der Waals surface area (Å²) in [5.41, 5.74) is 2.43. The lowest BCUT2D eigenvalue weighted by atomic mass is 10.2. The number of carbonyl (C=O) groups excluding carboxylic acids is 1. The molecule has 1 aromatic heterocycles. The van der Waals surface area contributed by atoms with Crippen molar-refractivity contribution in [1.82, 2.24) is 0 Å². The van der Waals surface area contributed by atoms with Gasteiger partial charge in [-0.05, 0) is 42.8 Å². The van der Waals surface area contributed by atoms with E-state index in [4.69, 9.17) is 16.0 Å². The van der Waals surface area contributed by atoms with Crippen molar-refractivity contribution in [2.24, 2.45) is 0 Å². The molecule has 0 atom stereocenters. The topological polar surface area (TPSA) is 42.2 Å². The van der Waals surface area contributed by atoms with Gasteiger partial charge < -0.3 is 9.73 Å². The number of hydrogen-bond acceptors (Lipinski definition) is 2. The van der Waals surface area contributed by atoms with Gasteiger partial charge >= 0.3 is 0 Å². The van der Waals surface area contributed by atoms with Gasteiger partial charge in [0, 0.05) is 16.1 Å². The maximum absolute atomic E-state index is 12.1. The van der Waals surface area contributed by atoms with E-state index < -0.39 is 0 Å². The number of hydrogen-bond donors (Lipinski definition) is 1. The highest BCUT2D eigenvalue weighted by atomic mass is 35.5. The molecule has 0 bridgehead atoms. The monoisotopic (exact) mass is 285 g/mol. The number of halogens is 1. The molecule has 3 aromatic rings. The average molecular weight is 286 g/mol. The highest BCUT2D eigenvalue weighted by Gasteiger charge is 2.13. The molecule has 0 aliphatic carbocycles. The molecular formula is C16H12ClNO2. The Hall–Kier alpha value is -2.26. The van der Waals surface area contributed by atoms with Gasteiger partial charge in [-0.3, -0.25) is 4.79 Å². The molecule has 100 valence electrons. The third kappa shape index (κ3) is 2.40. The lowest BCUT2D eigenvalue weighted by Gasteiger charge is -2.02. The summed E-state index contributed by atoms with van der Waals surface area (Å²) in [4.78, 5) is 12.1. The Morgan fingerprint density at radius 2 is 1.90 bits per heavy atom. The highest BCUT2D eigenvalue weighted by molar-refractivity contribution is 6.30. The van der Waals surface area contributed by atoms with Crippen molar-refractivity contribution in [3.05, 3.63) is 64.9 Å². The molecule has 0 saturated heterocycles. The fourth-order valence-electron chi connectivity index (χ4n) is 2.05. The van der Waals surface area contributed by atoms with Gasteiger partial charge in [0.15, 0.2) is 5.76 Å². The molecule has 1 N–H and O–H groups in total. The number of benzene rings is 2. The predicted octanol–water partition coefficient (Wildman–Crippen LogP) is 4.65. The van der Waals surface area contributed by atoms with Crippen LogP contribution in [0.1, 0.15) is 16.1 Å². The van der Waals surface area contributed by atoms with Crippen LogP contribution < -0.4 is 5.32 Å². The van der Waals surface area contributed by atoms with Crippen molar-refractivity contribution in [3.8, 4) is 0 Å². The zero-order valence-electron chi connectivity index (χ0n) is 10.8. The molecule has 20 heavy (non-hydrogen) atoms. The van der Waals surface area contributed by atoms with Crippen molar-refractivity contribution < 1.29 is 9.21 Å². The SMILES string of the molecule is Cc1cccc2cc(C(=O)Nc3ccc(Cl)cc3)oc12. The maximum atomic E-state index is 12.1. The molecule has 2 aromatic carbocycles. The van der Waals surface area contributed by atoms with Crippen LogP contribution in [0, 0.1) is 6.92 Å². The molecule has 0 fully saturated rings. The van der Waals surface area contributed by atoms with Crippen LogP contribution in [0.25, 0.3) is 11.0 Å². The van der Waals surface area contributed by atoms with E-state index in [2.05, 4.69) is 5.32 Å². The first-order valence-electron chi connectivity index (χ1n) is 6.19. The van der Waals surface area contributed by atoms with E-state index in [1.807, 2.05) is 25.1 Å². The fraction of sp³-hybridized carbons (Fsp3) is 0.0625. The lowest BCUT2D eigenvalue weighted by Crippen LogP contribution is -2.10. The van der Waals surface area contributed by atoms with Crippen LogP contribution in [0.3, 0.4) is 0 Å².